The van der Waals surface area contributed by atoms with Crippen LogP contribution in [-0.4, -0.2) is 11.0 Å². The molecule has 0 spiro atoms. The fourth-order valence-corrected chi connectivity index (χ4v) is 2.99. The van der Waals surface area contributed by atoms with Crippen molar-refractivity contribution < 1.29 is 0 Å². The molecule has 14 heavy (non-hydrogen) atoms. The van der Waals surface area contributed by atoms with E-state index in [9.17, 15) is 0 Å². The van der Waals surface area contributed by atoms with Crippen LogP contribution in [0.25, 0.3) is 0 Å². The molecule has 0 aromatic heterocycles. The third-order valence-electron chi connectivity index (χ3n) is 2.33. The minimum Gasteiger partial charge on any atom is -0.274 e. The fourth-order valence-electron chi connectivity index (χ4n) is 1.68. The van der Waals surface area contributed by atoms with E-state index in [1.165, 1.54) is 30.6 Å². The smallest absolute Gasteiger partial charge is 0.00877 e. The number of thioether (sulfide) groups is 1. The van der Waals surface area contributed by atoms with Crippen LogP contribution >= 0.6 is 11.8 Å². The molecule has 1 aromatic rings. The van der Waals surface area contributed by atoms with Gasteiger partial charge in [0.25, 0.3) is 0 Å². The standard InChI is InChI=1S/C11H14S.H4N2/c1-2-5-10(6-3-1)9-11-7-4-8-12-11;1-2/h1-3,5-6,11H,4,7-9H2;1-2H2. The summed E-state index contributed by atoms with van der Waals surface area (Å²) in [6.07, 6.45) is 4.10. The summed E-state index contributed by atoms with van der Waals surface area (Å²) in [4.78, 5) is 0. The van der Waals surface area contributed by atoms with Crippen molar-refractivity contribution in [3.05, 3.63) is 35.9 Å². The Morgan fingerprint density at radius 3 is 2.50 bits per heavy atom. The SMILES string of the molecule is NN.c1ccc(CC2CCCS2)cc1. The second-order valence-corrected chi connectivity index (χ2v) is 4.73. The lowest BCUT2D eigenvalue weighted by atomic mass is 10.1. The van der Waals surface area contributed by atoms with Crippen LogP contribution in [0.5, 0.6) is 0 Å². The van der Waals surface area contributed by atoms with E-state index in [2.05, 4.69) is 53.8 Å². The third-order valence-corrected chi connectivity index (χ3v) is 3.73. The molecule has 1 aliphatic rings. The van der Waals surface area contributed by atoms with Gasteiger partial charge in [0.15, 0.2) is 0 Å². The molecular weight excluding hydrogens is 192 g/mol. The summed E-state index contributed by atoms with van der Waals surface area (Å²) in [6, 6.07) is 10.8. The molecule has 1 heterocycles. The number of hydrogen-bond acceptors (Lipinski definition) is 3. The average Bonchev–Trinajstić information content (AvgIpc) is 2.75. The van der Waals surface area contributed by atoms with E-state index in [1.807, 2.05) is 0 Å². The summed E-state index contributed by atoms with van der Waals surface area (Å²) in [5.41, 5.74) is 1.50. The van der Waals surface area contributed by atoms with Gasteiger partial charge in [-0.3, -0.25) is 11.7 Å². The van der Waals surface area contributed by atoms with Gasteiger partial charge < -0.3 is 0 Å². The molecule has 78 valence electrons. The van der Waals surface area contributed by atoms with Gasteiger partial charge in [-0.1, -0.05) is 30.3 Å². The molecule has 0 bridgehead atoms. The lowest BCUT2D eigenvalue weighted by molar-refractivity contribution is 0.777. The van der Waals surface area contributed by atoms with Crippen molar-refractivity contribution in [1.29, 1.82) is 0 Å². The van der Waals surface area contributed by atoms with Gasteiger partial charge in [-0.15, -0.1) is 0 Å². The van der Waals surface area contributed by atoms with Gasteiger partial charge in [0.05, 0.1) is 0 Å². The summed E-state index contributed by atoms with van der Waals surface area (Å²) in [5, 5.41) is 0.896. The van der Waals surface area contributed by atoms with Crippen LogP contribution in [-0.2, 0) is 6.42 Å². The van der Waals surface area contributed by atoms with Crippen LogP contribution in [0.3, 0.4) is 0 Å². The lowest BCUT2D eigenvalue weighted by Crippen LogP contribution is -2.02. The Morgan fingerprint density at radius 2 is 1.93 bits per heavy atom. The van der Waals surface area contributed by atoms with Crippen LogP contribution in [0.4, 0.5) is 0 Å². The highest BCUT2D eigenvalue weighted by molar-refractivity contribution is 8.00. The van der Waals surface area contributed by atoms with Crippen LogP contribution in [0.2, 0.25) is 0 Å². The van der Waals surface area contributed by atoms with Crippen molar-refractivity contribution in [3.63, 3.8) is 0 Å². The zero-order valence-corrected chi connectivity index (χ0v) is 9.17. The molecule has 0 radical (unpaired) electrons. The average molecular weight is 210 g/mol. The first-order valence-corrected chi connectivity index (χ1v) is 5.99. The van der Waals surface area contributed by atoms with E-state index >= 15 is 0 Å². The predicted octanol–water partition coefficient (Wildman–Crippen LogP) is 1.94. The van der Waals surface area contributed by atoms with Gasteiger partial charge in [-0.25, -0.2) is 0 Å². The summed E-state index contributed by atoms with van der Waals surface area (Å²) < 4.78 is 0. The van der Waals surface area contributed by atoms with Gasteiger partial charge in [-0.2, -0.15) is 11.8 Å². The van der Waals surface area contributed by atoms with Crippen molar-refractivity contribution in [2.45, 2.75) is 24.5 Å². The molecule has 0 aliphatic carbocycles. The molecule has 1 saturated heterocycles. The second-order valence-electron chi connectivity index (χ2n) is 3.32. The maximum absolute atomic E-state index is 4.00. The Balaban J connectivity index is 0.000000461. The van der Waals surface area contributed by atoms with Crippen molar-refractivity contribution in [2.24, 2.45) is 11.7 Å². The molecule has 1 atom stereocenters. The first-order valence-electron chi connectivity index (χ1n) is 4.94. The Labute approximate surface area is 90.0 Å². The molecule has 1 aliphatic heterocycles. The monoisotopic (exact) mass is 210 g/mol. The lowest BCUT2D eigenvalue weighted by Gasteiger charge is -2.07. The molecule has 1 aromatic carbocycles. The van der Waals surface area contributed by atoms with E-state index in [1.54, 1.807) is 0 Å². The van der Waals surface area contributed by atoms with Crippen molar-refractivity contribution in [2.75, 3.05) is 5.75 Å². The molecular formula is C11H18N2S. The highest BCUT2D eigenvalue weighted by Crippen LogP contribution is 2.28. The van der Waals surface area contributed by atoms with E-state index in [0.717, 1.165) is 5.25 Å². The second kappa shape index (κ2) is 6.87. The normalized spacial score (nSPS) is 20.0. The molecule has 2 nitrogen and oxygen atoms in total. The van der Waals surface area contributed by atoms with E-state index in [4.69, 9.17) is 0 Å². The van der Waals surface area contributed by atoms with E-state index in [0.29, 0.717) is 0 Å². The number of benzene rings is 1. The predicted molar refractivity (Wildman–Crippen MR) is 64.0 cm³/mol. The maximum Gasteiger partial charge on any atom is 0.00877 e. The van der Waals surface area contributed by atoms with Crippen LogP contribution < -0.4 is 11.7 Å². The van der Waals surface area contributed by atoms with E-state index in [-0.39, 0.29) is 0 Å². The number of nitrogens with two attached hydrogens (primary N) is 2. The molecule has 1 unspecified atom stereocenters. The Morgan fingerprint density at radius 1 is 1.21 bits per heavy atom. The summed E-state index contributed by atoms with van der Waals surface area (Å²) in [7, 11) is 0. The van der Waals surface area contributed by atoms with Crippen LogP contribution in [0.1, 0.15) is 18.4 Å². The number of rotatable bonds is 2. The summed E-state index contributed by atoms with van der Waals surface area (Å²) >= 11 is 2.14. The topological polar surface area (TPSA) is 52.0 Å². The third kappa shape index (κ3) is 3.70. The largest absolute Gasteiger partial charge is 0.274 e. The fraction of sp³-hybridized carbons (Fsp3) is 0.455. The van der Waals surface area contributed by atoms with Crippen LogP contribution in [0.15, 0.2) is 30.3 Å². The highest BCUT2D eigenvalue weighted by atomic mass is 32.2. The maximum atomic E-state index is 4.00. The minimum atomic E-state index is 0.896. The van der Waals surface area contributed by atoms with Gasteiger partial charge in [-0.05, 0) is 30.6 Å². The molecule has 2 rings (SSSR count). The quantitative estimate of drug-likeness (QED) is 0.579. The first kappa shape index (κ1) is 11.6. The van der Waals surface area contributed by atoms with Gasteiger partial charge in [0.1, 0.15) is 0 Å². The molecule has 0 saturated carbocycles. The van der Waals surface area contributed by atoms with Crippen molar-refractivity contribution >= 4 is 11.8 Å². The highest BCUT2D eigenvalue weighted by Gasteiger charge is 2.15. The van der Waals surface area contributed by atoms with Crippen LogP contribution in [0, 0.1) is 0 Å². The number of hydrazine groups is 1. The molecule has 4 N–H and O–H groups in total. The summed E-state index contributed by atoms with van der Waals surface area (Å²) in [6.45, 7) is 0. The zero-order valence-electron chi connectivity index (χ0n) is 8.36. The molecule has 1 fully saturated rings. The van der Waals surface area contributed by atoms with Crippen molar-refractivity contribution in [3.8, 4) is 0 Å². The van der Waals surface area contributed by atoms with Gasteiger partial charge in [0, 0.05) is 5.25 Å². The van der Waals surface area contributed by atoms with Gasteiger partial charge >= 0.3 is 0 Å². The van der Waals surface area contributed by atoms with Gasteiger partial charge in [0.2, 0.25) is 0 Å². The zero-order chi connectivity index (χ0) is 10.2. The Kier molecular flexibility index (Phi) is 5.68. The Bertz CT molecular complexity index is 232. The minimum absolute atomic E-state index is 0.896. The summed E-state index contributed by atoms with van der Waals surface area (Å²) in [5.74, 6) is 9.37. The van der Waals surface area contributed by atoms with E-state index < -0.39 is 0 Å². The Hall–Kier alpha value is -0.510. The number of hydrogen-bond donors (Lipinski definition) is 2. The first-order chi connectivity index (χ1) is 6.95. The molecule has 3 heteroatoms. The molecule has 0 amide bonds. The van der Waals surface area contributed by atoms with Crippen molar-refractivity contribution in [1.82, 2.24) is 0 Å².